The summed E-state index contributed by atoms with van der Waals surface area (Å²) < 4.78 is 19.9. The van der Waals surface area contributed by atoms with Gasteiger partial charge in [0.05, 0.1) is 4.47 Å². The summed E-state index contributed by atoms with van der Waals surface area (Å²) in [6, 6.07) is 11.7. The summed E-state index contributed by atoms with van der Waals surface area (Å²) in [6.45, 7) is 1.98. The zero-order valence-corrected chi connectivity index (χ0v) is 14.3. The molecule has 1 aliphatic rings. The van der Waals surface area contributed by atoms with E-state index in [1.165, 1.54) is 12.1 Å². The predicted octanol–water partition coefficient (Wildman–Crippen LogP) is 4.30. The van der Waals surface area contributed by atoms with Crippen LogP contribution in [0.3, 0.4) is 0 Å². The van der Waals surface area contributed by atoms with Crippen molar-refractivity contribution in [2.24, 2.45) is 0 Å². The average molecular weight is 378 g/mol. The van der Waals surface area contributed by atoms with Crippen LogP contribution in [0.2, 0.25) is 0 Å². The van der Waals surface area contributed by atoms with Gasteiger partial charge in [0.15, 0.2) is 0 Å². The highest BCUT2D eigenvalue weighted by atomic mass is 79.9. The average Bonchev–Trinajstić information content (AvgIpc) is 3.31. The summed E-state index contributed by atoms with van der Waals surface area (Å²) in [5, 5.41) is 2.95. The Bertz CT molecular complexity index is 713. The normalized spacial score (nSPS) is 15.1. The minimum Gasteiger partial charge on any atom is -0.475 e. The first kappa shape index (κ1) is 16.0. The van der Waals surface area contributed by atoms with Gasteiger partial charge in [-0.05, 0) is 65.5 Å². The van der Waals surface area contributed by atoms with E-state index in [2.05, 4.69) is 21.2 Å². The fourth-order valence-electron chi connectivity index (χ4n) is 2.24. The lowest BCUT2D eigenvalue weighted by atomic mass is 10.1. The second-order valence-electron chi connectivity index (χ2n) is 5.77. The molecule has 5 heteroatoms. The van der Waals surface area contributed by atoms with Crippen LogP contribution in [0.25, 0.3) is 0 Å². The number of aryl methyl sites for hydroxylation is 1. The van der Waals surface area contributed by atoms with Gasteiger partial charge in [-0.15, -0.1) is 0 Å². The molecule has 1 amide bonds. The van der Waals surface area contributed by atoms with E-state index >= 15 is 0 Å². The number of benzene rings is 2. The van der Waals surface area contributed by atoms with Crippen molar-refractivity contribution in [3.8, 4) is 5.75 Å². The molecular formula is C18H17BrFNO2. The Morgan fingerprint density at radius 1 is 1.26 bits per heavy atom. The Kier molecular flexibility index (Phi) is 4.66. The van der Waals surface area contributed by atoms with Crippen molar-refractivity contribution in [2.45, 2.75) is 31.9 Å². The Morgan fingerprint density at radius 3 is 2.57 bits per heavy atom. The molecule has 1 N–H and O–H groups in total. The molecule has 0 saturated heterocycles. The first-order valence-electron chi connectivity index (χ1n) is 7.51. The molecule has 1 aliphatic carbocycles. The highest BCUT2D eigenvalue weighted by Crippen LogP contribution is 2.31. The molecule has 120 valence electrons. The highest BCUT2D eigenvalue weighted by Gasteiger charge is 2.30. The van der Waals surface area contributed by atoms with Gasteiger partial charge in [0.25, 0.3) is 5.91 Å². The molecule has 1 unspecified atom stereocenters. The molecular weight excluding hydrogens is 361 g/mol. The van der Waals surface area contributed by atoms with Crippen LogP contribution in [0.4, 0.5) is 4.39 Å². The Labute approximate surface area is 143 Å². The molecule has 0 heterocycles. The Morgan fingerprint density at radius 2 is 1.96 bits per heavy atom. The molecule has 1 saturated carbocycles. The summed E-state index contributed by atoms with van der Waals surface area (Å²) in [7, 11) is 0. The highest BCUT2D eigenvalue weighted by molar-refractivity contribution is 9.10. The van der Waals surface area contributed by atoms with E-state index < -0.39 is 6.10 Å². The molecule has 23 heavy (non-hydrogen) atoms. The number of rotatable bonds is 5. The maximum absolute atomic E-state index is 13.2. The molecule has 0 radical (unpaired) electrons. The van der Waals surface area contributed by atoms with Crippen LogP contribution >= 0.6 is 15.9 Å². The van der Waals surface area contributed by atoms with E-state index in [0.717, 1.165) is 22.9 Å². The van der Waals surface area contributed by atoms with Crippen molar-refractivity contribution in [1.29, 1.82) is 0 Å². The zero-order chi connectivity index (χ0) is 16.4. The fraction of sp³-hybridized carbons (Fsp3) is 0.278. The maximum atomic E-state index is 13.2. The molecule has 0 aromatic heterocycles. The Balaban J connectivity index is 1.87. The Hall–Kier alpha value is -1.88. The minimum absolute atomic E-state index is 0.202. The number of halogens is 2. The van der Waals surface area contributed by atoms with Crippen molar-refractivity contribution in [3.05, 3.63) is 63.9 Å². The van der Waals surface area contributed by atoms with Crippen LogP contribution in [0.15, 0.2) is 46.9 Å². The smallest absolute Gasteiger partial charge is 0.266 e. The molecule has 3 rings (SSSR count). The summed E-state index contributed by atoms with van der Waals surface area (Å²) in [6.07, 6.45) is 1.18. The van der Waals surface area contributed by atoms with Gasteiger partial charge in [-0.3, -0.25) is 4.79 Å². The van der Waals surface area contributed by atoms with Crippen molar-refractivity contribution >= 4 is 21.8 Å². The van der Waals surface area contributed by atoms with Crippen molar-refractivity contribution in [3.63, 3.8) is 0 Å². The largest absolute Gasteiger partial charge is 0.475 e. The van der Waals surface area contributed by atoms with Crippen molar-refractivity contribution in [2.75, 3.05) is 0 Å². The van der Waals surface area contributed by atoms with E-state index in [1.54, 1.807) is 12.1 Å². The third-order valence-corrected chi connectivity index (χ3v) is 4.29. The molecule has 0 spiro atoms. The van der Waals surface area contributed by atoms with Crippen LogP contribution in [-0.4, -0.2) is 11.9 Å². The second-order valence-corrected chi connectivity index (χ2v) is 6.62. The third-order valence-electron chi connectivity index (χ3n) is 3.67. The molecule has 3 nitrogen and oxygen atoms in total. The van der Waals surface area contributed by atoms with Gasteiger partial charge in [-0.2, -0.15) is 0 Å². The third kappa shape index (κ3) is 4.10. The van der Waals surface area contributed by atoms with Gasteiger partial charge in [-0.1, -0.05) is 18.2 Å². The van der Waals surface area contributed by atoms with Gasteiger partial charge in [0.1, 0.15) is 11.6 Å². The summed E-state index contributed by atoms with van der Waals surface area (Å²) in [5.74, 6) is 0.0362. The monoisotopic (exact) mass is 377 g/mol. The molecule has 0 aliphatic heterocycles. The molecule has 2 aromatic carbocycles. The topological polar surface area (TPSA) is 38.3 Å². The fourth-order valence-corrected chi connectivity index (χ4v) is 2.83. The second kappa shape index (κ2) is 6.71. The van der Waals surface area contributed by atoms with Crippen LogP contribution in [-0.2, 0) is 4.79 Å². The van der Waals surface area contributed by atoms with E-state index in [9.17, 15) is 9.18 Å². The molecule has 2 aromatic rings. The number of hydrogen-bond acceptors (Lipinski definition) is 2. The van der Waals surface area contributed by atoms with Crippen LogP contribution in [0.1, 0.15) is 30.1 Å². The van der Waals surface area contributed by atoms with Crippen molar-refractivity contribution in [1.82, 2.24) is 5.32 Å². The van der Waals surface area contributed by atoms with Crippen LogP contribution < -0.4 is 10.1 Å². The van der Waals surface area contributed by atoms with Gasteiger partial charge in [-0.25, -0.2) is 4.39 Å². The quantitative estimate of drug-likeness (QED) is 0.843. The lowest BCUT2D eigenvalue weighted by molar-refractivity contribution is -0.128. The number of carbonyl (C=O) groups excluding carboxylic acids is 1. The van der Waals surface area contributed by atoms with Crippen LogP contribution in [0, 0.1) is 12.7 Å². The number of amides is 1. The number of hydrogen-bond donors (Lipinski definition) is 1. The standard InChI is InChI=1S/C18H17BrFNO2/c1-11-2-9-16(15(19)10-11)23-17(18(22)21-14-7-8-14)12-3-5-13(20)6-4-12/h2-6,9-10,14,17H,7-8H2,1H3,(H,21,22). The lowest BCUT2D eigenvalue weighted by Crippen LogP contribution is -2.34. The van der Waals surface area contributed by atoms with Crippen molar-refractivity contribution < 1.29 is 13.9 Å². The van der Waals surface area contributed by atoms with E-state index in [1.807, 2.05) is 25.1 Å². The molecule has 0 bridgehead atoms. The first-order valence-corrected chi connectivity index (χ1v) is 8.31. The number of ether oxygens (including phenoxy) is 1. The van der Waals surface area contributed by atoms with Gasteiger partial charge < -0.3 is 10.1 Å². The van der Waals surface area contributed by atoms with E-state index in [-0.39, 0.29) is 17.8 Å². The first-order chi connectivity index (χ1) is 11.0. The molecule has 1 atom stereocenters. The maximum Gasteiger partial charge on any atom is 0.266 e. The minimum atomic E-state index is -0.810. The zero-order valence-electron chi connectivity index (χ0n) is 12.7. The summed E-state index contributed by atoms with van der Waals surface area (Å²) >= 11 is 3.46. The molecule has 1 fully saturated rings. The van der Waals surface area contributed by atoms with Crippen LogP contribution in [0.5, 0.6) is 5.75 Å². The summed E-state index contributed by atoms with van der Waals surface area (Å²) in [4.78, 5) is 12.5. The predicted molar refractivity (Wildman–Crippen MR) is 89.8 cm³/mol. The van der Waals surface area contributed by atoms with E-state index in [4.69, 9.17) is 4.74 Å². The number of carbonyl (C=O) groups is 1. The SMILES string of the molecule is Cc1ccc(OC(C(=O)NC2CC2)c2ccc(F)cc2)c(Br)c1. The lowest BCUT2D eigenvalue weighted by Gasteiger charge is -2.20. The number of nitrogens with one attached hydrogen (secondary N) is 1. The van der Waals surface area contributed by atoms with Gasteiger partial charge >= 0.3 is 0 Å². The summed E-state index contributed by atoms with van der Waals surface area (Å²) in [5.41, 5.74) is 1.71. The van der Waals surface area contributed by atoms with Gasteiger partial charge in [0, 0.05) is 11.6 Å². The van der Waals surface area contributed by atoms with E-state index in [0.29, 0.717) is 11.3 Å². The van der Waals surface area contributed by atoms with Gasteiger partial charge in [0.2, 0.25) is 6.10 Å².